The lowest BCUT2D eigenvalue weighted by Gasteiger charge is -2.10. The van der Waals surface area contributed by atoms with E-state index < -0.39 is 16.0 Å². The van der Waals surface area contributed by atoms with E-state index in [9.17, 15) is 18.5 Å². The molecule has 0 aliphatic carbocycles. The Labute approximate surface area is 206 Å². The van der Waals surface area contributed by atoms with Crippen molar-refractivity contribution >= 4 is 43.7 Å². The van der Waals surface area contributed by atoms with Crippen LogP contribution in [-0.4, -0.2) is 20.9 Å². The van der Waals surface area contributed by atoms with E-state index in [1.54, 1.807) is 48.5 Å². The second-order valence-corrected chi connectivity index (χ2v) is 9.53. The van der Waals surface area contributed by atoms with Gasteiger partial charge in [0, 0.05) is 11.8 Å². The highest BCUT2D eigenvalue weighted by molar-refractivity contribution is 9.10. The molecule has 0 saturated carbocycles. The first-order valence-corrected chi connectivity index (χ1v) is 12.4. The van der Waals surface area contributed by atoms with Crippen LogP contribution in [-0.2, 0) is 14.9 Å². The molecule has 9 heteroatoms. The van der Waals surface area contributed by atoms with Crippen molar-refractivity contribution in [1.82, 2.24) is 0 Å². The third-order valence-electron chi connectivity index (χ3n) is 4.54. The highest BCUT2D eigenvalue weighted by Crippen LogP contribution is 2.30. The van der Waals surface area contributed by atoms with Gasteiger partial charge in [0.1, 0.15) is 22.3 Å². The lowest BCUT2D eigenvalue weighted by atomic mass is 10.1. The van der Waals surface area contributed by atoms with Crippen LogP contribution in [0.1, 0.15) is 18.1 Å². The molecule has 0 aliphatic rings. The van der Waals surface area contributed by atoms with Crippen LogP contribution >= 0.6 is 15.9 Å². The molecule has 0 aromatic heterocycles. The smallest absolute Gasteiger partial charge is 0.339 e. The summed E-state index contributed by atoms with van der Waals surface area (Å²) in [5.41, 5.74) is 1.79. The molecule has 0 radical (unpaired) electrons. The topological polar surface area (TPSA) is 105 Å². The molecule has 3 aromatic rings. The van der Waals surface area contributed by atoms with Crippen molar-refractivity contribution < 1.29 is 22.1 Å². The molecule has 0 unspecified atom stereocenters. The number of rotatable bonds is 8. The Balaban J connectivity index is 1.77. The van der Waals surface area contributed by atoms with E-state index in [4.69, 9.17) is 8.92 Å². The predicted molar refractivity (Wildman–Crippen MR) is 133 cm³/mol. The van der Waals surface area contributed by atoms with Crippen molar-refractivity contribution in [1.29, 1.82) is 5.26 Å². The zero-order chi connectivity index (χ0) is 24.7. The average Bonchev–Trinajstić information content (AvgIpc) is 2.80. The highest BCUT2D eigenvalue weighted by Gasteiger charge is 2.18. The quantitative estimate of drug-likeness (QED) is 0.230. The number of halogens is 1. The maximum absolute atomic E-state index is 12.6. The lowest BCUT2D eigenvalue weighted by molar-refractivity contribution is -0.112. The molecular formula is C25H21BrN2O5S. The molecule has 174 valence electrons. The summed E-state index contributed by atoms with van der Waals surface area (Å²) in [5, 5.41) is 12.1. The summed E-state index contributed by atoms with van der Waals surface area (Å²) >= 11 is 3.29. The van der Waals surface area contributed by atoms with Crippen LogP contribution in [0.3, 0.4) is 0 Å². The molecule has 0 fully saturated rings. The molecule has 0 bridgehead atoms. The number of hydrogen-bond donors (Lipinski definition) is 1. The fraction of sp³-hybridized carbons (Fsp3) is 0.120. The van der Waals surface area contributed by atoms with E-state index in [1.807, 2.05) is 19.9 Å². The van der Waals surface area contributed by atoms with Crippen LogP contribution in [0, 0.1) is 18.3 Å². The van der Waals surface area contributed by atoms with Crippen molar-refractivity contribution in [3.05, 3.63) is 87.9 Å². The van der Waals surface area contributed by atoms with Gasteiger partial charge in [-0.15, -0.1) is 0 Å². The van der Waals surface area contributed by atoms with Gasteiger partial charge in [-0.3, -0.25) is 4.79 Å². The first kappa shape index (κ1) is 25.0. The van der Waals surface area contributed by atoms with Crippen LogP contribution < -0.4 is 14.2 Å². The SMILES string of the molecule is CCOc1cccc(NC(=O)/C(C#N)=C/c2ccc(OS(=O)(=O)c3ccc(C)cc3)c(Br)c2)c1. The van der Waals surface area contributed by atoms with Crippen molar-refractivity contribution in [3.63, 3.8) is 0 Å². The third kappa shape index (κ3) is 6.47. The number of ether oxygens (including phenoxy) is 1. The van der Waals surface area contributed by atoms with Crippen molar-refractivity contribution in [3.8, 4) is 17.6 Å². The van der Waals surface area contributed by atoms with Crippen LogP contribution in [0.15, 0.2) is 81.7 Å². The first-order valence-electron chi connectivity index (χ1n) is 10.2. The normalized spacial score (nSPS) is 11.4. The van der Waals surface area contributed by atoms with Crippen LogP contribution in [0.2, 0.25) is 0 Å². The Morgan fingerprint density at radius 1 is 1.12 bits per heavy atom. The standard InChI is InChI=1S/C25H21BrN2O5S/c1-3-32-21-6-4-5-20(15-21)28-25(29)19(16-27)13-18-9-12-24(23(26)14-18)33-34(30,31)22-10-7-17(2)8-11-22/h4-15H,3H2,1-2H3,(H,28,29)/b19-13+. The molecule has 34 heavy (non-hydrogen) atoms. The first-order chi connectivity index (χ1) is 16.2. The maximum Gasteiger partial charge on any atom is 0.339 e. The number of carbonyl (C=O) groups excluding carboxylic acids is 1. The van der Waals surface area contributed by atoms with Gasteiger partial charge < -0.3 is 14.2 Å². The summed E-state index contributed by atoms with van der Waals surface area (Å²) in [5.74, 6) is 0.0888. The molecule has 0 atom stereocenters. The minimum Gasteiger partial charge on any atom is -0.494 e. The second-order valence-electron chi connectivity index (χ2n) is 7.13. The molecule has 0 aliphatic heterocycles. The van der Waals surface area contributed by atoms with Crippen LogP contribution in [0.25, 0.3) is 6.08 Å². The van der Waals surface area contributed by atoms with Gasteiger partial charge in [0.15, 0.2) is 5.75 Å². The van der Waals surface area contributed by atoms with Crippen molar-refractivity contribution in [2.24, 2.45) is 0 Å². The summed E-state index contributed by atoms with van der Waals surface area (Å²) in [6, 6.07) is 19.6. The number of anilines is 1. The molecule has 3 rings (SSSR count). The van der Waals surface area contributed by atoms with Gasteiger partial charge in [-0.05, 0) is 77.8 Å². The Morgan fingerprint density at radius 2 is 1.85 bits per heavy atom. The summed E-state index contributed by atoms with van der Waals surface area (Å²) in [6.07, 6.45) is 1.39. The molecule has 1 amide bonds. The summed E-state index contributed by atoms with van der Waals surface area (Å²) in [6.45, 7) is 4.20. The highest BCUT2D eigenvalue weighted by atomic mass is 79.9. The summed E-state index contributed by atoms with van der Waals surface area (Å²) < 4.78 is 36.1. The number of carbonyl (C=O) groups is 1. The number of amides is 1. The van der Waals surface area contributed by atoms with Gasteiger partial charge in [0.25, 0.3) is 5.91 Å². The van der Waals surface area contributed by atoms with Gasteiger partial charge in [0.05, 0.1) is 11.1 Å². The predicted octanol–water partition coefficient (Wildman–Crippen LogP) is 5.47. The summed E-state index contributed by atoms with van der Waals surface area (Å²) in [7, 11) is -4.02. The number of nitriles is 1. The Bertz CT molecular complexity index is 1380. The molecule has 3 aromatic carbocycles. The van der Waals surface area contributed by atoms with E-state index in [1.165, 1.54) is 24.3 Å². The maximum atomic E-state index is 12.6. The minimum absolute atomic E-state index is 0.0332. The largest absolute Gasteiger partial charge is 0.494 e. The van der Waals surface area contributed by atoms with Gasteiger partial charge in [-0.1, -0.05) is 29.8 Å². The number of benzene rings is 3. The summed E-state index contributed by atoms with van der Waals surface area (Å²) in [4.78, 5) is 12.6. The van der Waals surface area contributed by atoms with E-state index in [-0.39, 0.29) is 16.2 Å². The fourth-order valence-electron chi connectivity index (χ4n) is 2.89. The zero-order valence-corrected chi connectivity index (χ0v) is 20.8. The van der Waals surface area contributed by atoms with Gasteiger partial charge in [-0.2, -0.15) is 13.7 Å². The molecule has 7 nitrogen and oxygen atoms in total. The van der Waals surface area contributed by atoms with Crippen LogP contribution in [0.5, 0.6) is 11.5 Å². The third-order valence-corrected chi connectivity index (χ3v) is 6.41. The van der Waals surface area contributed by atoms with E-state index in [2.05, 4.69) is 21.2 Å². The van der Waals surface area contributed by atoms with Crippen molar-refractivity contribution in [2.75, 3.05) is 11.9 Å². The lowest BCUT2D eigenvalue weighted by Crippen LogP contribution is -2.13. The molecule has 0 spiro atoms. The number of hydrogen-bond acceptors (Lipinski definition) is 6. The Hall–Kier alpha value is -3.61. The molecule has 0 saturated heterocycles. The Morgan fingerprint density at radius 3 is 2.50 bits per heavy atom. The van der Waals surface area contributed by atoms with Gasteiger partial charge >= 0.3 is 10.1 Å². The van der Waals surface area contributed by atoms with E-state index in [0.29, 0.717) is 28.1 Å². The van der Waals surface area contributed by atoms with Crippen LogP contribution in [0.4, 0.5) is 5.69 Å². The number of nitrogens with one attached hydrogen (secondary N) is 1. The number of nitrogens with zero attached hydrogens (tertiary/aromatic N) is 1. The Kier molecular flexibility index (Phi) is 8.10. The van der Waals surface area contributed by atoms with E-state index >= 15 is 0 Å². The van der Waals surface area contributed by atoms with E-state index in [0.717, 1.165) is 5.56 Å². The fourth-order valence-corrected chi connectivity index (χ4v) is 4.42. The average molecular weight is 541 g/mol. The second kappa shape index (κ2) is 11.0. The number of aryl methyl sites for hydroxylation is 1. The van der Waals surface area contributed by atoms with Gasteiger partial charge in [0.2, 0.25) is 0 Å². The zero-order valence-electron chi connectivity index (χ0n) is 18.4. The molecule has 1 N–H and O–H groups in total. The van der Waals surface area contributed by atoms with Gasteiger partial charge in [-0.25, -0.2) is 0 Å². The minimum atomic E-state index is -4.02. The molecular weight excluding hydrogens is 520 g/mol. The van der Waals surface area contributed by atoms with Crippen molar-refractivity contribution in [2.45, 2.75) is 18.7 Å². The monoisotopic (exact) mass is 540 g/mol. The molecule has 0 heterocycles.